The summed E-state index contributed by atoms with van der Waals surface area (Å²) in [7, 11) is 0. The lowest BCUT2D eigenvalue weighted by Gasteiger charge is -2.14. The van der Waals surface area contributed by atoms with Crippen LogP contribution in [0.5, 0.6) is 0 Å². The van der Waals surface area contributed by atoms with Crippen LogP contribution < -0.4 is 10.6 Å². The molecule has 4 aromatic rings. The Bertz CT molecular complexity index is 1630. The Kier molecular flexibility index (Phi) is 9.79. The summed E-state index contributed by atoms with van der Waals surface area (Å²) in [6.45, 7) is 3.11. The molecule has 0 unspecified atom stereocenters. The van der Waals surface area contributed by atoms with Gasteiger partial charge in [-0.05, 0) is 36.9 Å². The molecule has 0 aliphatic rings. The van der Waals surface area contributed by atoms with Gasteiger partial charge in [-0.1, -0.05) is 53.9 Å². The van der Waals surface area contributed by atoms with Crippen molar-refractivity contribution in [3.05, 3.63) is 75.1 Å². The second-order valence-electron chi connectivity index (χ2n) is 8.31. The van der Waals surface area contributed by atoms with Gasteiger partial charge in [0.1, 0.15) is 0 Å². The average molecular weight is 639 g/mol. The van der Waals surface area contributed by atoms with Gasteiger partial charge in [0, 0.05) is 17.2 Å². The van der Waals surface area contributed by atoms with Crippen molar-refractivity contribution < 1.29 is 27.7 Å². The van der Waals surface area contributed by atoms with E-state index >= 15 is 0 Å². The molecule has 18 heteroatoms. The number of anilines is 1. The molecule has 2 aromatic carbocycles. The number of nitrogens with zero attached hydrogens (tertiary/aromatic N) is 6. The molecule has 2 heterocycles. The maximum Gasteiger partial charge on any atom is 0.416 e. The van der Waals surface area contributed by atoms with Crippen molar-refractivity contribution in [1.29, 1.82) is 0 Å². The maximum atomic E-state index is 13.5. The monoisotopic (exact) mass is 638 g/mol. The molecule has 0 saturated carbocycles. The number of halogens is 3. The fourth-order valence-corrected chi connectivity index (χ4v) is 6.07. The number of hydrogen-bond donors (Lipinski definition) is 2. The lowest BCUT2D eigenvalue weighted by molar-refractivity contribution is -0.385. The van der Waals surface area contributed by atoms with Gasteiger partial charge >= 0.3 is 6.18 Å². The van der Waals surface area contributed by atoms with Crippen LogP contribution in [0.3, 0.4) is 0 Å². The van der Waals surface area contributed by atoms with Crippen LogP contribution in [0.1, 0.15) is 34.2 Å². The smallest absolute Gasteiger partial charge is 0.345 e. The van der Waals surface area contributed by atoms with E-state index in [0.717, 1.165) is 29.6 Å². The van der Waals surface area contributed by atoms with E-state index in [1.165, 1.54) is 64.9 Å². The molecular formula is C24H21F3N8O4S3. The van der Waals surface area contributed by atoms with Crippen molar-refractivity contribution >= 4 is 57.5 Å². The number of carbonyl (C=O) groups is 2. The molecule has 0 saturated heterocycles. The minimum absolute atomic E-state index is 0.0535. The summed E-state index contributed by atoms with van der Waals surface area (Å²) in [5.41, 5.74) is -0.892. The number of alkyl halides is 3. The Morgan fingerprint density at radius 3 is 2.57 bits per heavy atom. The number of nitro benzene ring substituents is 1. The Morgan fingerprint density at radius 2 is 1.86 bits per heavy atom. The third-order valence-corrected chi connectivity index (χ3v) is 8.32. The highest BCUT2D eigenvalue weighted by molar-refractivity contribution is 8.01. The minimum Gasteiger partial charge on any atom is -0.345 e. The highest BCUT2D eigenvalue weighted by Crippen LogP contribution is 2.32. The van der Waals surface area contributed by atoms with Crippen molar-refractivity contribution in [3.63, 3.8) is 0 Å². The lowest BCUT2D eigenvalue weighted by atomic mass is 10.1. The van der Waals surface area contributed by atoms with Gasteiger partial charge in [-0.3, -0.25) is 29.6 Å². The van der Waals surface area contributed by atoms with E-state index in [2.05, 4.69) is 31.0 Å². The number of benzene rings is 2. The van der Waals surface area contributed by atoms with Crippen molar-refractivity contribution in [2.24, 2.45) is 0 Å². The van der Waals surface area contributed by atoms with E-state index in [0.29, 0.717) is 9.47 Å². The van der Waals surface area contributed by atoms with E-state index in [-0.39, 0.29) is 45.8 Å². The topological polar surface area (TPSA) is 158 Å². The fourth-order valence-electron chi connectivity index (χ4n) is 3.64. The molecule has 220 valence electrons. The first kappa shape index (κ1) is 30.9. The molecule has 12 nitrogen and oxygen atoms in total. The predicted molar refractivity (Wildman–Crippen MR) is 151 cm³/mol. The first-order valence-corrected chi connectivity index (χ1v) is 14.8. The number of hydrogen-bond acceptors (Lipinski definition) is 11. The first-order valence-electron chi connectivity index (χ1n) is 12.0. The molecule has 0 atom stereocenters. The van der Waals surface area contributed by atoms with E-state index < -0.39 is 28.5 Å². The molecule has 0 radical (unpaired) electrons. The van der Waals surface area contributed by atoms with Gasteiger partial charge in [0.05, 0.1) is 28.5 Å². The summed E-state index contributed by atoms with van der Waals surface area (Å²) in [6.07, 6.45) is -4.62. The molecule has 2 aromatic heterocycles. The summed E-state index contributed by atoms with van der Waals surface area (Å²) in [6, 6.07) is 8.49. The maximum absolute atomic E-state index is 13.5. The highest BCUT2D eigenvalue weighted by atomic mass is 32.2. The predicted octanol–water partition coefficient (Wildman–Crippen LogP) is 5.13. The summed E-state index contributed by atoms with van der Waals surface area (Å²) in [5, 5.41) is 32.8. The molecule has 2 N–H and O–H groups in total. The molecule has 42 heavy (non-hydrogen) atoms. The molecule has 0 bridgehead atoms. The highest BCUT2D eigenvalue weighted by Gasteiger charge is 2.31. The van der Waals surface area contributed by atoms with Gasteiger partial charge < -0.3 is 5.32 Å². The van der Waals surface area contributed by atoms with Crippen LogP contribution in [0.4, 0.5) is 24.0 Å². The second-order valence-corrected chi connectivity index (χ2v) is 11.7. The van der Waals surface area contributed by atoms with Crippen molar-refractivity contribution in [2.75, 3.05) is 16.8 Å². The number of nitrogens with one attached hydrogen (secondary N) is 2. The molecule has 0 fully saturated rings. The first-order chi connectivity index (χ1) is 20.0. The normalized spacial score (nSPS) is 11.4. The van der Waals surface area contributed by atoms with E-state index in [1.807, 2.05) is 6.92 Å². The summed E-state index contributed by atoms with van der Waals surface area (Å²) in [5.74, 6) is -0.414. The van der Waals surface area contributed by atoms with Crippen LogP contribution in [-0.4, -0.2) is 53.2 Å². The summed E-state index contributed by atoms with van der Waals surface area (Å²) >= 11 is 3.60. The summed E-state index contributed by atoms with van der Waals surface area (Å²) in [4.78, 5) is 36.1. The van der Waals surface area contributed by atoms with Gasteiger partial charge in [-0.25, -0.2) is 0 Å². The third kappa shape index (κ3) is 7.42. The van der Waals surface area contributed by atoms with Gasteiger partial charge in [0.15, 0.2) is 15.3 Å². The minimum atomic E-state index is -4.62. The van der Waals surface area contributed by atoms with Gasteiger partial charge in [0.2, 0.25) is 11.0 Å². The molecule has 0 aliphatic heterocycles. The zero-order valence-corrected chi connectivity index (χ0v) is 24.3. The van der Waals surface area contributed by atoms with Crippen LogP contribution in [0.2, 0.25) is 0 Å². The van der Waals surface area contributed by atoms with Crippen LogP contribution in [0.15, 0.2) is 52.0 Å². The fraction of sp³-hybridized carbons (Fsp3) is 0.250. The number of aromatic nitrogens is 5. The van der Waals surface area contributed by atoms with E-state index in [9.17, 15) is 32.9 Å². The van der Waals surface area contributed by atoms with Crippen LogP contribution in [0, 0.1) is 17.0 Å². The number of carbonyl (C=O) groups excluding carboxylic acids is 2. The van der Waals surface area contributed by atoms with Gasteiger partial charge in [-0.15, -0.1) is 20.4 Å². The van der Waals surface area contributed by atoms with E-state index in [4.69, 9.17) is 0 Å². The lowest BCUT2D eigenvalue weighted by Crippen LogP contribution is -2.25. The zero-order chi connectivity index (χ0) is 30.4. The third-order valence-electron chi connectivity index (χ3n) is 5.54. The molecule has 4 rings (SSSR count). The molecule has 0 spiro atoms. The number of nitro groups is 1. The van der Waals surface area contributed by atoms with Crippen LogP contribution >= 0.6 is 34.9 Å². The van der Waals surface area contributed by atoms with Crippen molar-refractivity contribution in [3.8, 4) is 5.69 Å². The molecular weight excluding hydrogens is 618 g/mol. The average Bonchev–Trinajstić information content (AvgIpc) is 3.56. The second kappa shape index (κ2) is 13.3. The number of thioether (sulfide) groups is 2. The number of rotatable bonds is 11. The molecule has 2 amide bonds. The van der Waals surface area contributed by atoms with Crippen LogP contribution in [-0.2, 0) is 17.5 Å². The number of amides is 2. The SMILES string of the molecule is CCSc1nnc(NC(=O)CSc2nnc(CNC(=O)c3cccc([N+](=O)[O-])c3C)n2-c2cccc(C(F)(F)F)c2)s1. The Hall–Kier alpha value is -4.03. The molecule has 0 aliphatic carbocycles. The van der Waals surface area contributed by atoms with Crippen LogP contribution in [0.25, 0.3) is 5.69 Å². The Balaban J connectivity index is 1.57. The standard InChI is InChI=1S/C24H21F3N8O4S3/c1-3-40-23-33-31-21(42-23)29-19(36)12-41-22-32-30-18(34(22)15-7-4-6-14(10-15)24(25,26)27)11-28-20(37)16-8-5-9-17(13(16)2)35(38)39/h4-10H,3,11-12H2,1-2H3,(H,28,37)(H,29,31,36). The Labute approximate surface area is 248 Å². The summed E-state index contributed by atoms with van der Waals surface area (Å²) < 4.78 is 42.4. The largest absolute Gasteiger partial charge is 0.416 e. The Morgan fingerprint density at radius 1 is 1.10 bits per heavy atom. The quantitative estimate of drug-likeness (QED) is 0.0977. The zero-order valence-electron chi connectivity index (χ0n) is 21.8. The van der Waals surface area contributed by atoms with Gasteiger partial charge in [0.25, 0.3) is 11.6 Å². The van der Waals surface area contributed by atoms with Crippen molar-refractivity contribution in [1.82, 2.24) is 30.3 Å². The van der Waals surface area contributed by atoms with Crippen molar-refractivity contribution in [2.45, 2.75) is 36.1 Å². The van der Waals surface area contributed by atoms with Gasteiger partial charge in [-0.2, -0.15) is 13.2 Å². The van der Waals surface area contributed by atoms with E-state index in [1.54, 1.807) is 0 Å².